The van der Waals surface area contributed by atoms with Crippen LogP contribution in [0.3, 0.4) is 0 Å². The summed E-state index contributed by atoms with van der Waals surface area (Å²) in [5.41, 5.74) is 2.82. The van der Waals surface area contributed by atoms with Gasteiger partial charge in [-0.05, 0) is 31.8 Å². The highest BCUT2D eigenvalue weighted by Crippen LogP contribution is 2.27. The summed E-state index contributed by atoms with van der Waals surface area (Å²) >= 11 is 5.86. The van der Waals surface area contributed by atoms with E-state index < -0.39 is 0 Å². The van der Waals surface area contributed by atoms with Crippen molar-refractivity contribution in [3.8, 4) is 0 Å². The quantitative estimate of drug-likeness (QED) is 0.758. The Labute approximate surface area is 89.3 Å². The lowest BCUT2D eigenvalue weighted by Crippen LogP contribution is -2.04. The number of hydrogen-bond donors (Lipinski definition) is 1. The fraction of sp³-hybridized carbons (Fsp3) is 0.182. The van der Waals surface area contributed by atoms with E-state index in [-0.39, 0.29) is 0 Å². The van der Waals surface area contributed by atoms with Gasteiger partial charge < -0.3 is 5.32 Å². The molecule has 1 N–H and O–H groups in total. The van der Waals surface area contributed by atoms with Gasteiger partial charge in [0.2, 0.25) is 0 Å². The van der Waals surface area contributed by atoms with Crippen LogP contribution in [0, 0.1) is 0 Å². The minimum Gasteiger partial charge on any atom is -0.388 e. The molecule has 0 radical (unpaired) electrons. The van der Waals surface area contributed by atoms with Gasteiger partial charge in [0.25, 0.3) is 0 Å². The van der Waals surface area contributed by atoms with Gasteiger partial charge in [0, 0.05) is 23.3 Å². The Bertz CT molecular complexity index is 370. The maximum absolute atomic E-state index is 5.86. The summed E-state index contributed by atoms with van der Waals surface area (Å²) in [6.45, 7) is 5.49. The highest BCUT2D eigenvalue weighted by Gasteiger charge is 2.04. The Hall–Kier alpha value is -1.28. The molecule has 1 aromatic rings. The number of rotatable bonds is 3. The van der Waals surface area contributed by atoms with Gasteiger partial charge >= 0.3 is 0 Å². The molecule has 0 amide bonds. The van der Waals surface area contributed by atoms with Gasteiger partial charge in [-0.2, -0.15) is 0 Å². The predicted molar refractivity (Wildman–Crippen MR) is 63.4 cm³/mol. The molecule has 0 aromatic heterocycles. The van der Waals surface area contributed by atoms with E-state index in [2.05, 4.69) is 17.0 Å². The smallest absolute Gasteiger partial charge is 0.0730 e. The first kappa shape index (κ1) is 10.8. The molecular weight excluding hydrogens is 196 g/mol. The number of nitrogens with one attached hydrogen (secondary N) is 1. The van der Waals surface area contributed by atoms with Crippen LogP contribution in [0.1, 0.15) is 12.5 Å². The molecule has 0 aliphatic carbocycles. The van der Waals surface area contributed by atoms with E-state index >= 15 is 0 Å². The minimum absolute atomic E-state index is 0.669. The van der Waals surface area contributed by atoms with Crippen LogP contribution in [0.5, 0.6) is 0 Å². The second-order valence-electron chi connectivity index (χ2n) is 2.77. The minimum atomic E-state index is 0.669. The maximum atomic E-state index is 5.86. The third kappa shape index (κ3) is 2.15. The van der Waals surface area contributed by atoms with E-state index in [1.165, 1.54) is 0 Å². The average Bonchev–Trinajstić information content (AvgIpc) is 2.21. The molecule has 0 saturated heterocycles. The highest BCUT2D eigenvalue weighted by atomic mass is 35.5. The number of benzene rings is 1. The Balaban J connectivity index is 3.26. The maximum Gasteiger partial charge on any atom is 0.0730 e. The van der Waals surface area contributed by atoms with E-state index in [0.29, 0.717) is 5.02 Å². The summed E-state index contributed by atoms with van der Waals surface area (Å²) < 4.78 is 0. The summed E-state index contributed by atoms with van der Waals surface area (Å²) in [6, 6.07) is 5.56. The van der Waals surface area contributed by atoms with Gasteiger partial charge in [0.05, 0.1) is 5.69 Å². The van der Waals surface area contributed by atoms with E-state index in [1.807, 2.05) is 32.2 Å². The standard InChI is InChI=1S/C11H13ClN2/c1-4-10(13-2)9-6-5-8(12)7-11(9)14-3/h4-7,13H,3H2,1-2H3/b10-4+. The molecule has 14 heavy (non-hydrogen) atoms. The van der Waals surface area contributed by atoms with Crippen LogP contribution < -0.4 is 5.32 Å². The Morgan fingerprint density at radius 1 is 1.57 bits per heavy atom. The van der Waals surface area contributed by atoms with E-state index in [0.717, 1.165) is 16.9 Å². The van der Waals surface area contributed by atoms with Crippen molar-refractivity contribution in [1.82, 2.24) is 5.32 Å². The number of halogens is 1. The lowest BCUT2D eigenvalue weighted by molar-refractivity contribution is 1.12. The van der Waals surface area contributed by atoms with Crippen LogP contribution in [-0.4, -0.2) is 13.8 Å². The fourth-order valence-electron chi connectivity index (χ4n) is 1.30. The zero-order valence-corrected chi connectivity index (χ0v) is 9.10. The van der Waals surface area contributed by atoms with Crippen molar-refractivity contribution in [1.29, 1.82) is 0 Å². The van der Waals surface area contributed by atoms with Gasteiger partial charge in [-0.1, -0.05) is 17.7 Å². The van der Waals surface area contributed by atoms with Crippen molar-refractivity contribution in [3.63, 3.8) is 0 Å². The first-order valence-corrected chi connectivity index (χ1v) is 4.71. The first-order valence-electron chi connectivity index (χ1n) is 4.33. The molecule has 74 valence electrons. The number of aliphatic imine (C=N–C) groups is 1. The summed E-state index contributed by atoms with van der Waals surface area (Å²) in [5.74, 6) is 0. The lowest BCUT2D eigenvalue weighted by Gasteiger charge is -2.09. The van der Waals surface area contributed by atoms with E-state index in [1.54, 1.807) is 6.07 Å². The summed E-state index contributed by atoms with van der Waals surface area (Å²) in [7, 11) is 1.87. The molecule has 0 bridgehead atoms. The van der Waals surface area contributed by atoms with Crippen molar-refractivity contribution in [2.45, 2.75) is 6.92 Å². The molecule has 2 nitrogen and oxygen atoms in total. The van der Waals surface area contributed by atoms with Crippen molar-refractivity contribution in [2.24, 2.45) is 4.99 Å². The molecular formula is C11H13ClN2. The summed E-state index contributed by atoms with van der Waals surface area (Å²) in [5, 5.41) is 3.76. The zero-order valence-electron chi connectivity index (χ0n) is 8.34. The molecule has 0 fully saturated rings. The van der Waals surface area contributed by atoms with Gasteiger partial charge in [0.15, 0.2) is 0 Å². The Kier molecular flexibility index (Phi) is 3.72. The summed E-state index contributed by atoms with van der Waals surface area (Å²) in [6.07, 6.45) is 1.98. The molecule has 0 heterocycles. The van der Waals surface area contributed by atoms with Crippen molar-refractivity contribution < 1.29 is 0 Å². The molecule has 0 aliphatic rings. The lowest BCUT2D eigenvalue weighted by atomic mass is 10.1. The first-order chi connectivity index (χ1) is 6.72. The molecule has 1 rings (SSSR count). The number of hydrogen-bond acceptors (Lipinski definition) is 2. The van der Waals surface area contributed by atoms with Crippen LogP contribution in [-0.2, 0) is 0 Å². The molecule has 0 saturated carbocycles. The SMILES string of the molecule is C=Nc1cc(Cl)ccc1/C(=C\C)NC. The number of nitrogens with zero attached hydrogens (tertiary/aromatic N) is 1. The third-order valence-corrected chi connectivity index (χ3v) is 2.21. The topological polar surface area (TPSA) is 24.4 Å². The second kappa shape index (κ2) is 4.82. The second-order valence-corrected chi connectivity index (χ2v) is 3.21. The predicted octanol–water partition coefficient (Wildman–Crippen LogP) is 3.25. The monoisotopic (exact) mass is 208 g/mol. The van der Waals surface area contributed by atoms with Crippen molar-refractivity contribution in [3.05, 3.63) is 34.9 Å². The number of allylic oxidation sites excluding steroid dienone is 1. The molecule has 1 aromatic carbocycles. The summed E-state index contributed by atoms with van der Waals surface area (Å²) in [4.78, 5) is 3.93. The Morgan fingerprint density at radius 2 is 2.29 bits per heavy atom. The van der Waals surface area contributed by atoms with E-state index in [4.69, 9.17) is 11.6 Å². The molecule has 0 atom stereocenters. The van der Waals surface area contributed by atoms with E-state index in [9.17, 15) is 0 Å². The third-order valence-electron chi connectivity index (χ3n) is 1.98. The largest absolute Gasteiger partial charge is 0.388 e. The molecule has 3 heteroatoms. The normalized spacial score (nSPS) is 11.2. The van der Waals surface area contributed by atoms with Gasteiger partial charge in [0.1, 0.15) is 0 Å². The van der Waals surface area contributed by atoms with Crippen molar-refractivity contribution >= 4 is 29.7 Å². The molecule has 0 unspecified atom stereocenters. The van der Waals surface area contributed by atoms with Gasteiger partial charge in [-0.15, -0.1) is 0 Å². The van der Waals surface area contributed by atoms with Gasteiger partial charge in [-0.25, -0.2) is 0 Å². The van der Waals surface area contributed by atoms with Crippen LogP contribution in [0.25, 0.3) is 5.70 Å². The van der Waals surface area contributed by atoms with Crippen molar-refractivity contribution in [2.75, 3.05) is 7.05 Å². The highest BCUT2D eigenvalue weighted by molar-refractivity contribution is 6.30. The Morgan fingerprint density at radius 3 is 2.79 bits per heavy atom. The van der Waals surface area contributed by atoms with Crippen LogP contribution in [0.2, 0.25) is 5.02 Å². The average molecular weight is 209 g/mol. The zero-order chi connectivity index (χ0) is 10.6. The fourth-order valence-corrected chi connectivity index (χ4v) is 1.46. The van der Waals surface area contributed by atoms with Crippen LogP contribution in [0.15, 0.2) is 29.3 Å². The van der Waals surface area contributed by atoms with Gasteiger partial charge in [-0.3, -0.25) is 4.99 Å². The van der Waals surface area contributed by atoms with Crippen LogP contribution in [0.4, 0.5) is 5.69 Å². The molecule has 0 spiro atoms. The molecule has 0 aliphatic heterocycles. The van der Waals surface area contributed by atoms with Crippen LogP contribution >= 0.6 is 11.6 Å².